The molecular weight excluding hydrogens is 576 g/mol. The van der Waals surface area contributed by atoms with Crippen LogP contribution in [0.25, 0.3) is 0 Å². The summed E-state index contributed by atoms with van der Waals surface area (Å²) < 4.78 is 60.7. The number of nitrogens with one attached hydrogen (secondary N) is 2. The van der Waals surface area contributed by atoms with Gasteiger partial charge in [0.05, 0.1) is 22.4 Å². The molecule has 1 aliphatic rings. The predicted molar refractivity (Wildman–Crippen MR) is 146 cm³/mol. The molecule has 0 aliphatic carbocycles. The van der Waals surface area contributed by atoms with Crippen molar-refractivity contribution in [3.63, 3.8) is 0 Å². The molecule has 0 bridgehead atoms. The molecule has 8 nitrogen and oxygen atoms in total. The highest BCUT2D eigenvalue weighted by molar-refractivity contribution is 7.18. The Balaban J connectivity index is 1.89. The van der Waals surface area contributed by atoms with Crippen molar-refractivity contribution in [1.82, 2.24) is 10.2 Å². The van der Waals surface area contributed by atoms with Crippen LogP contribution in [0.15, 0.2) is 30.3 Å². The average molecular weight is 607 g/mol. The summed E-state index contributed by atoms with van der Waals surface area (Å²) in [6.45, 7) is 4.54. The molecule has 1 atom stereocenters. The molecule has 0 spiro atoms. The normalized spacial score (nSPS) is 15.2. The molecule has 0 saturated carbocycles. The zero-order valence-electron chi connectivity index (χ0n) is 22.2. The van der Waals surface area contributed by atoms with Gasteiger partial charge in [-0.2, -0.15) is 0 Å². The van der Waals surface area contributed by atoms with Crippen LogP contribution in [0.5, 0.6) is 0 Å². The van der Waals surface area contributed by atoms with E-state index >= 15 is 0 Å². The maximum absolute atomic E-state index is 14.1. The Morgan fingerprint density at radius 2 is 1.90 bits per heavy atom. The van der Waals surface area contributed by atoms with Gasteiger partial charge in [0.1, 0.15) is 12.6 Å². The van der Waals surface area contributed by atoms with Gasteiger partial charge in [0.25, 0.3) is 24.7 Å². The molecule has 2 aromatic rings. The molecule has 0 radical (unpaired) electrons. The van der Waals surface area contributed by atoms with E-state index in [1.807, 2.05) is 0 Å². The summed E-state index contributed by atoms with van der Waals surface area (Å²) in [5, 5.41) is 5.01. The number of nitrogens with zero attached hydrogens (tertiary/aromatic N) is 2. The number of benzene rings is 1. The van der Waals surface area contributed by atoms with Gasteiger partial charge < -0.3 is 20.3 Å². The summed E-state index contributed by atoms with van der Waals surface area (Å²) in [5.41, 5.74) is -1.08. The largest absolute Gasteiger partial charge is 0.370 e. The van der Waals surface area contributed by atoms with Crippen LogP contribution in [0.3, 0.4) is 0 Å². The first-order valence-electron chi connectivity index (χ1n) is 12.4. The molecule has 1 fully saturated rings. The van der Waals surface area contributed by atoms with Crippen LogP contribution in [0.1, 0.15) is 42.4 Å². The number of anilines is 2. The van der Waals surface area contributed by atoms with E-state index in [4.69, 9.17) is 16.3 Å². The molecule has 14 heteroatoms. The van der Waals surface area contributed by atoms with E-state index < -0.39 is 54.1 Å². The Hall–Kier alpha value is -2.74. The standard InChI is InChI=1S/C26H31ClF4N4O4S/c1-26(2,3)14-34(12-21(28)29)18(11-32-25(38)19-6-7-20(27)40-19)24(37)33-17-5-4-15(10-16(17)23(30)31)35-8-9-39-13-22(35)36/h4-7,10,18,21,23H,8-9,11-14H2,1-3H3,(H,32,38)(H,33,37)/t18-/m0/s1. The van der Waals surface area contributed by atoms with Gasteiger partial charge >= 0.3 is 0 Å². The van der Waals surface area contributed by atoms with Crippen LogP contribution in [0.2, 0.25) is 4.34 Å². The van der Waals surface area contributed by atoms with Crippen molar-refractivity contribution in [2.75, 3.05) is 49.6 Å². The van der Waals surface area contributed by atoms with Gasteiger partial charge in [-0.25, -0.2) is 17.6 Å². The van der Waals surface area contributed by atoms with E-state index in [1.54, 1.807) is 20.8 Å². The highest BCUT2D eigenvalue weighted by atomic mass is 35.5. The molecule has 3 rings (SSSR count). The van der Waals surface area contributed by atoms with Gasteiger partial charge in [-0.3, -0.25) is 19.3 Å². The molecule has 3 amide bonds. The number of thiophene rings is 1. The first-order chi connectivity index (χ1) is 18.7. The van der Waals surface area contributed by atoms with Crippen LogP contribution in [0.4, 0.5) is 28.9 Å². The topological polar surface area (TPSA) is 91.0 Å². The Bertz CT molecular complexity index is 1210. The number of rotatable bonds is 11. The second kappa shape index (κ2) is 13.7. The SMILES string of the molecule is CC(C)(C)CN(CC(F)F)[C@@H](CNC(=O)c1ccc(Cl)s1)C(=O)Nc1ccc(N2CCOCC2=O)cc1C(F)F. The summed E-state index contributed by atoms with van der Waals surface area (Å²) in [7, 11) is 0. The first-order valence-corrected chi connectivity index (χ1v) is 13.6. The third-order valence-electron chi connectivity index (χ3n) is 5.87. The van der Waals surface area contributed by atoms with Crippen molar-refractivity contribution in [3.8, 4) is 0 Å². The van der Waals surface area contributed by atoms with Crippen molar-refractivity contribution in [2.24, 2.45) is 5.41 Å². The Morgan fingerprint density at radius 1 is 1.18 bits per heavy atom. The number of ether oxygens (including phenoxy) is 1. The van der Waals surface area contributed by atoms with E-state index in [0.717, 1.165) is 17.4 Å². The minimum atomic E-state index is -3.01. The number of alkyl halides is 4. The lowest BCUT2D eigenvalue weighted by Crippen LogP contribution is -2.54. The van der Waals surface area contributed by atoms with Gasteiger partial charge in [0.2, 0.25) is 5.91 Å². The van der Waals surface area contributed by atoms with Crippen molar-refractivity contribution < 1.29 is 36.7 Å². The first kappa shape index (κ1) is 31.8. The summed E-state index contributed by atoms with van der Waals surface area (Å²) >= 11 is 6.90. The van der Waals surface area contributed by atoms with E-state index in [-0.39, 0.29) is 49.1 Å². The zero-order valence-corrected chi connectivity index (χ0v) is 23.8. The van der Waals surface area contributed by atoms with Gasteiger partial charge in [0, 0.05) is 36.6 Å². The van der Waals surface area contributed by atoms with Crippen molar-refractivity contribution >= 4 is 52.0 Å². The number of hydrogen-bond donors (Lipinski definition) is 2. The third kappa shape index (κ3) is 8.88. The van der Waals surface area contributed by atoms with Crippen molar-refractivity contribution in [1.29, 1.82) is 0 Å². The third-order valence-corrected chi connectivity index (χ3v) is 7.10. The van der Waals surface area contributed by atoms with Gasteiger partial charge in [-0.05, 0) is 35.7 Å². The summed E-state index contributed by atoms with van der Waals surface area (Å²) in [6.07, 6.45) is -5.81. The van der Waals surface area contributed by atoms with Crippen LogP contribution in [0, 0.1) is 5.41 Å². The molecule has 40 heavy (non-hydrogen) atoms. The maximum Gasteiger partial charge on any atom is 0.265 e. The quantitative estimate of drug-likeness (QED) is 0.349. The second-order valence-electron chi connectivity index (χ2n) is 10.4. The smallest absolute Gasteiger partial charge is 0.265 e. The summed E-state index contributed by atoms with van der Waals surface area (Å²) in [4.78, 5) is 41.1. The molecule has 220 valence electrons. The lowest BCUT2D eigenvalue weighted by molar-refractivity contribution is -0.125. The lowest BCUT2D eigenvalue weighted by Gasteiger charge is -2.35. The molecule has 1 saturated heterocycles. The average Bonchev–Trinajstić information content (AvgIpc) is 3.29. The highest BCUT2D eigenvalue weighted by Gasteiger charge is 2.33. The van der Waals surface area contributed by atoms with Crippen LogP contribution in [-0.2, 0) is 14.3 Å². The van der Waals surface area contributed by atoms with Crippen LogP contribution in [-0.4, -0.2) is 74.5 Å². The number of carbonyl (C=O) groups excluding carboxylic acids is 3. The zero-order chi connectivity index (χ0) is 29.6. The highest BCUT2D eigenvalue weighted by Crippen LogP contribution is 2.32. The van der Waals surface area contributed by atoms with Crippen LogP contribution < -0.4 is 15.5 Å². The fourth-order valence-electron chi connectivity index (χ4n) is 4.21. The van der Waals surface area contributed by atoms with Crippen molar-refractivity contribution in [3.05, 3.63) is 45.1 Å². The Kier molecular flexibility index (Phi) is 10.9. The fraction of sp³-hybridized carbons (Fsp3) is 0.500. The minimum Gasteiger partial charge on any atom is -0.370 e. The van der Waals surface area contributed by atoms with Gasteiger partial charge in [-0.15, -0.1) is 11.3 Å². The molecular formula is C26H31ClF4N4O4S. The Labute approximate surface area is 238 Å². The molecule has 1 aromatic carbocycles. The lowest BCUT2D eigenvalue weighted by atomic mass is 9.95. The van der Waals surface area contributed by atoms with E-state index in [1.165, 1.54) is 34.1 Å². The second-order valence-corrected chi connectivity index (χ2v) is 12.1. The summed E-state index contributed by atoms with van der Waals surface area (Å²) in [6, 6.07) is 5.44. The molecule has 1 aromatic heterocycles. The number of halogens is 5. The van der Waals surface area contributed by atoms with E-state index in [9.17, 15) is 31.9 Å². The molecule has 1 aliphatic heterocycles. The van der Waals surface area contributed by atoms with Crippen LogP contribution >= 0.6 is 22.9 Å². The summed E-state index contributed by atoms with van der Waals surface area (Å²) in [5.74, 6) is -1.81. The van der Waals surface area contributed by atoms with Crippen molar-refractivity contribution in [2.45, 2.75) is 39.7 Å². The molecule has 2 N–H and O–H groups in total. The predicted octanol–water partition coefficient (Wildman–Crippen LogP) is 5.05. The minimum absolute atomic E-state index is 0.0515. The van der Waals surface area contributed by atoms with E-state index in [2.05, 4.69) is 10.6 Å². The monoisotopic (exact) mass is 606 g/mol. The van der Waals surface area contributed by atoms with Gasteiger partial charge in [0.15, 0.2) is 0 Å². The fourth-order valence-corrected chi connectivity index (χ4v) is 5.17. The molecule has 2 heterocycles. The maximum atomic E-state index is 14.1. The number of hydrogen-bond acceptors (Lipinski definition) is 6. The van der Waals surface area contributed by atoms with Gasteiger partial charge in [-0.1, -0.05) is 32.4 Å². The number of carbonyl (C=O) groups is 3. The number of amides is 3. The molecule has 0 unspecified atom stereocenters. The Morgan fingerprint density at radius 3 is 2.48 bits per heavy atom. The van der Waals surface area contributed by atoms with E-state index in [0.29, 0.717) is 4.34 Å². The number of morpholine rings is 1.